The molecule has 1 N–H and O–H groups in total. The second-order valence-corrected chi connectivity index (χ2v) is 5.86. The van der Waals surface area contributed by atoms with Gasteiger partial charge in [-0.25, -0.2) is 4.98 Å². The van der Waals surface area contributed by atoms with E-state index in [1.54, 1.807) is 12.5 Å². The first kappa shape index (κ1) is 13.8. The number of amides is 1. The van der Waals surface area contributed by atoms with E-state index in [2.05, 4.69) is 34.6 Å². The largest absolute Gasteiger partial charge is 0.349 e. The molecule has 0 radical (unpaired) electrons. The van der Waals surface area contributed by atoms with Crippen LogP contribution in [-0.4, -0.2) is 21.5 Å². The number of rotatable bonds is 3. The zero-order valence-electron chi connectivity index (χ0n) is 12.6. The van der Waals surface area contributed by atoms with Crippen molar-refractivity contribution in [3.05, 3.63) is 83.9 Å². The summed E-state index contributed by atoms with van der Waals surface area (Å²) in [7, 11) is 0. The van der Waals surface area contributed by atoms with Crippen molar-refractivity contribution < 1.29 is 4.79 Å². The van der Waals surface area contributed by atoms with E-state index in [1.165, 1.54) is 11.1 Å². The van der Waals surface area contributed by atoms with Crippen molar-refractivity contribution in [3.63, 3.8) is 0 Å². The molecule has 0 aliphatic heterocycles. The first-order chi connectivity index (χ1) is 11.3. The minimum Gasteiger partial charge on any atom is -0.349 e. The average Bonchev–Trinajstić information content (AvgIpc) is 3.24. The molecule has 0 spiro atoms. The van der Waals surface area contributed by atoms with Crippen LogP contribution in [0.25, 0.3) is 5.69 Å². The first-order valence-electron chi connectivity index (χ1n) is 7.75. The first-order valence-corrected chi connectivity index (χ1v) is 7.75. The number of nitrogens with one attached hydrogen (secondary N) is 1. The van der Waals surface area contributed by atoms with Crippen LogP contribution >= 0.6 is 0 Å². The Morgan fingerprint density at radius 1 is 1.04 bits per heavy atom. The second kappa shape index (κ2) is 5.72. The Labute approximate surface area is 134 Å². The Morgan fingerprint density at radius 3 is 2.35 bits per heavy atom. The number of hydrogen-bond acceptors (Lipinski definition) is 2. The normalized spacial score (nSPS) is 13.7. The van der Waals surface area contributed by atoms with E-state index < -0.39 is 0 Å². The zero-order chi connectivity index (χ0) is 15.6. The van der Waals surface area contributed by atoms with Gasteiger partial charge in [-0.05, 0) is 48.2 Å². The Kier molecular flexibility index (Phi) is 3.42. The summed E-state index contributed by atoms with van der Waals surface area (Å²) in [5, 5.41) is 3.14. The number of nitrogens with zero attached hydrogens (tertiary/aromatic N) is 2. The maximum Gasteiger partial charge on any atom is 0.251 e. The van der Waals surface area contributed by atoms with Crippen LogP contribution in [0.4, 0.5) is 0 Å². The SMILES string of the molecule is O=C(NC1Cc2ccccc2C1)c1ccc(-n2ccnc2)cc1. The van der Waals surface area contributed by atoms with Gasteiger partial charge in [0.25, 0.3) is 5.91 Å². The zero-order valence-corrected chi connectivity index (χ0v) is 12.6. The van der Waals surface area contributed by atoms with Crippen LogP contribution in [0.2, 0.25) is 0 Å². The van der Waals surface area contributed by atoms with E-state index >= 15 is 0 Å². The number of hydrogen-bond donors (Lipinski definition) is 1. The van der Waals surface area contributed by atoms with Gasteiger partial charge in [-0.3, -0.25) is 4.79 Å². The predicted octanol–water partition coefficient (Wildman–Crippen LogP) is 2.77. The van der Waals surface area contributed by atoms with Crippen LogP contribution < -0.4 is 5.32 Å². The molecule has 0 fully saturated rings. The number of aromatic nitrogens is 2. The monoisotopic (exact) mass is 303 g/mol. The molecule has 1 aliphatic carbocycles. The van der Waals surface area contributed by atoms with Crippen LogP contribution in [0.5, 0.6) is 0 Å². The van der Waals surface area contributed by atoms with Gasteiger partial charge in [0.2, 0.25) is 0 Å². The maximum atomic E-state index is 12.4. The maximum absolute atomic E-state index is 12.4. The van der Waals surface area contributed by atoms with Crippen molar-refractivity contribution in [1.82, 2.24) is 14.9 Å². The lowest BCUT2D eigenvalue weighted by Crippen LogP contribution is -2.35. The molecule has 0 bridgehead atoms. The van der Waals surface area contributed by atoms with Gasteiger partial charge in [0, 0.05) is 29.7 Å². The van der Waals surface area contributed by atoms with Crippen molar-refractivity contribution in [2.75, 3.05) is 0 Å². The number of benzene rings is 2. The molecule has 0 saturated carbocycles. The van der Waals surface area contributed by atoms with Crippen LogP contribution in [0.1, 0.15) is 21.5 Å². The van der Waals surface area contributed by atoms with Crippen molar-refractivity contribution >= 4 is 5.91 Å². The van der Waals surface area contributed by atoms with E-state index in [0.717, 1.165) is 18.5 Å². The number of carbonyl (C=O) groups is 1. The van der Waals surface area contributed by atoms with E-state index in [0.29, 0.717) is 5.56 Å². The highest BCUT2D eigenvalue weighted by Crippen LogP contribution is 2.22. The smallest absolute Gasteiger partial charge is 0.251 e. The van der Waals surface area contributed by atoms with Gasteiger partial charge < -0.3 is 9.88 Å². The van der Waals surface area contributed by atoms with Crippen LogP contribution in [0, 0.1) is 0 Å². The lowest BCUT2D eigenvalue weighted by atomic mass is 10.1. The highest BCUT2D eigenvalue weighted by atomic mass is 16.1. The molecule has 114 valence electrons. The third-order valence-electron chi connectivity index (χ3n) is 4.32. The van der Waals surface area contributed by atoms with Crippen molar-refractivity contribution in [2.45, 2.75) is 18.9 Å². The predicted molar refractivity (Wildman–Crippen MR) is 88.7 cm³/mol. The third-order valence-corrected chi connectivity index (χ3v) is 4.32. The fraction of sp³-hybridized carbons (Fsp3) is 0.158. The lowest BCUT2D eigenvalue weighted by Gasteiger charge is -2.12. The minimum absolute atomic E-state index is 0.0139. The van der Waals surface area contributed by atoms with E-state index in [4.69, 9.17) is 0 Å². The Bertz CT molecular complexity index is 797. The molecule has 4 nitrogen and oxygen atoms in total. The Hall–Kier alpha value is -2.88. The molecular formula is C19H17N3O. The second-order valence-electron chi connectivity index (χ2n) is 5.86. The van der Waals surface area contributed by atoms with E-state index in [1.807, 2.05) is 35.0 Å². The summed E-state index contributed by atoms with van der Waals surface area (Å²) < 4.78 is 1.91. The molecule has 4 heteroatoms. The average molecular weight is 303 g/mol. The molecule has 0 atom stereocenters. The fourth-order valence-corrected chi connectivity index (χ4v) is 3.13. The summed E-state index contributed by atoms with van der Waals surface area (Å²) >= 11 is 0. The van der Waals surface area contributed by atoms with Gasteiger partial charge in [0.1, 0.15) is 0 Å². The molecule has 0 unspecified atom stereocenters. The van der Waals surface area contributed by atoms with Crippen molar-refractivity contribution in [1.29, 1.82) is 0 Å². The molecule has 3 aromatic rings. The summed E-state index contributed by atoms with van der Waals surface area (Å²) in [6.07, 6.45) is 7.18. The summed E-state index contributed by atoms with van der Waals surface area (Å²) in [5.74, 6) is -0.0139. The highest BCUT2D eigenvalue weighted by Gasteiger charge is 2.22. The summed E-state index contributed by atoms with van der Waals surface area (Å²) in [5.41, 5.74) is 4.36. The molecular weight excluding hydrogens is 286 g/mol. The summed E-state index contributed by atoms with van der Waals surface area (Å²) in [6.45, 7) is 0. The van der Waals surface area contributed by atoms with E-state index in [9.17, 15) is 4.79 Å². The lowest BCUT2D eigenvalue weighted by molar-refractivity contribution is 0.0938. The van der Waals surface area contributed by atoms with Crippen molar-refractivity contribution in [3.8, 4) is 5.69 Å². The van der Waals surface area contributed by atoms with E-state index in [-0.39, 0.29) is 11.9 Å². The molecule has 23 heavy (non-hydrogen) atoms. The Morgan fingerprint density at radius 2 is 1.74 bits per heavy atom. The molecule has 1 heterocycles. The van der Waals surface area contributed by atoms with Gasteiger partial charge in [0.05, 0.1) is 6.33 Å². The number of carbonyl (C=O) groups excluding carboxylic acids is 1. The quantitative estimate of drug-likeness (QED) is 0.809. The molecule has 4 rings (SSSR count). The van der Waals surface area contributed by atoms with Crippen LogP contribution in [0.15, 0.2) is 67.3 Å². The fourth-order valence-electron chi connectivity index (χ4n) is 3.13. The molecule has 2 aromatic carbocycles. The van der Waals surface area contributed by atoms with Gasteiger partial charge in [-0.1, -0.05) is 24.3 Å². The topological polar surface area (TPSA) is 46.9 Å². The van der Waals surface area contributed by atoms with Crippen LogP contribution in [-0.2, 0) is 12.8 Å². The summed E-state index contributed by atoms with van der Waals surface area (Å²) in [6, 6.07) is 16.1. The molecule has 1 amide bonds. The standard InChI is InChI=1S/C19H17N3O/c23-19(21-17-11-15-3-1-2-4-16(15)12-17)14-5-7-18(8-6-14)22-10-9-20-13-22/h1-10,13,17H,11-12H2,(H,21,23). The van der Waals surface area contributed by atoms with Crippen LogP contribution in [0.3, 0.4) is 0 Å². The van der Waals surface area contributed by atoms with Gasteiger partial charge in [-0.2, -0.15) is 0 Å². The third kappa shape index (κ3) is 2.75. The van der Waals surface area contributed by atoms with Gasteiger partial charge in [-0.15, -0.1) is 0 Å². The van der Waals surface area contributed by atoms with Gasteiger partial charge in [0.15, 0.2) is 0 Å². The molecule has 0 saturated heterocycles. The minimum atomic E-state index is -0.0139. The summed E-state index contributed by atoms with van der Waals surface area (Å²) in [4.78, 5) is 16.4. The molecule has 1 aliphatic rings. The Balaban J connectivity index is 1.44. The number of imidazole rings is 1. The van der Waals surface area contributed by atoms with Gasteiger partial charge >= 0.3 is 0 Å². The van der Waals surface area contributed by atoms with Crippen molar-refractivity contribution in [2.24, 2.45) is 0 Å². The highest BCUT2D eigenvalue weighted by molar-refractivity contribution is 5.94. The molecule has 1 aromatic heterocycles. The number of fused-ring (bicyclic) bond motifs is 1.